The van der Waals surface area contributed by atoms with Crippen LogP contribution in [0.5, 0.6) is 6.01 Å². The normalized spacial score (nSPS) is 19.9. The number of hydrazone groups is 1. The second-order valence-corrected chi connectivity index (χ2v) is 7.87. The Morgan fingerprint density at radius 3 is 2.64 bits per heavy atom. The van der Waals surface area contributed by atoms with Gasteiger partial charge in [-0.25, -0.2) is 0 Å². The van der Waals surface area contributed by atoms with Crippen LogP contribution < -0.4 is 20.4 Å². The third-order valence-electron chi connectivity index (χ3n) is 5.70. The number of nitrogens with one attached hydrogen (secondary N) is 2. The Labute approximate surface area is 191 Å². The van der Waals surface area contributed by atoms with Crippen LogP contribution in [-0.4, -0.2) is 92.2 Å². The number of aromatic nitrogens is 2. The van der Waals surface area contributed by atoms with Gasteiger partial charge in [-0.05, 0) is 6.07 Å². The highest BCUT2D eigenvalue weighted by atomic mass is 16.5. The van der Waals surface area contributed by atoms with Crippen molar-refractivity contribution in [1.82, 2.24) is 14.9 Å². The van der Waals surface area contributed by atoms with E-state index in [4.69, 9.17) is 14.2 Å². The Balaban J connectivity index is 1.33. The molecule has 2 N–H and O–H groups in total. The molecule has 33 heavy (non-hydrogen) atoms. The zero-order chi connectivity index (χ0) is 22.5. The molecular weight excluding hydrogens is 426 g/mol. The molecule has 5 rings (SSSR count). The molecule has 3 aliphatic heterocycles. The number of ether oxygens (including phenoxy) is 3. The van der Waals surface area contributed by atoms with Crippen LogP contribution >= 0.6 is 0 Å². The Kier molecular flexibility index (Phi) is 6.61. The van der Waals surface area contributed by atoms with Gasteiger partial charge in [-0.2, -0.15) is 15.1 Å². The number of benzene rings is 1. The van der Waals surface area contributed by atoms with Gasteiger partial charge in [0.2, 0.25) is 0 Å². The number of para-hydroxylation sites is 1. The largest absolute Gasteiger partial charge is 0.462 e. The minimum atomic E-state index is -0.256. The highest BCUT2D eigenvalue weighted by molar-refractivity contribution is 6.53. The van der Waals surface area contributed by atoms with Crippen LogP contribution in [0.3, 0.4) is 0 Å². The van der Waals surface area contributed by atoms with E-state index in [0.717, 1.165) is 63.0 Å². The van der Waals surface area contributed by atoms with Crippen molar-refractivity contribution < 1.29 is 19.0 Å². The lowest BCUT2D eigenvalue weighted by molar-refractivity contribution is -0.110. The quantitative estimate of drug-likeness (QED) is 0.588. The van der Waals surface area contributed by atoms with Crippen molar-refractivity contribution in [2.75, 3.05) is 81.4 Å². The molecule has 4 heterocycles. The van der Waals surface area contributed by atoms with E-state index in [1.54, 1.807) is 0 Å². The van der Waals surface area contributed by atoms with Gasteiger partial charge in [0.05, 0.1) is 32.1 Å². The fourth-order valence-corrected chi connectivity index (χ4v) is 3.91. The summed E-state index contributed by atoms with van der Waals surface area (Å²) >= 11 is 0. The number of rotatable bonds is 7. The van der Waals surface area contributed by atoms with Gasteiger partial charge < -0.3 is 24.4 Å². The molecule has 0 unspecified atom stereocenters. The van der Waals surface area contributed by atoms with Crippen LogP contribution in [0.4, 0.5) is 17.3 Å². The first-order valence-electron chi connectivity index (χ1n) is 11.2. The first-order valence-corrected chi connectivity index (χ1v) is 11.2. The first-order chi connectivity index (χ1) is 16.3. The molecule has 1 aromatic heterocycles. The molecule has 3 aliphatic rings. The summed E-state index contributed by atoms with van der Waals surface area (Å²) < 4.78 is 16.7. The lowest BCUT2D eigenvalue weighted by Crippen LogP contribution is -2.39. The Morgan fingerprint density at radius 2 is 1.82 bits per heavy atom. The minimum Gasteiger partial charge on any atom is -0.462 e. The number of fused-ring (bicyclic) bond motifs is 1. The fourth-order valence-electron chi connectivity index (χ4n) is 3.91. The molecule has 0 radical (unpaired) electrons. The van der Waals surface area contributed by atoms with E-state index in [9.17, 15) is 4.79 Å². The Hall–Kier alpha value is -3.28. The lowest BCUT2D eigenvalue weighted by Gasteiger charge is -2.28. The maximum absolute atomic E-state index is 12.4. The molecular formula is C22H27N7O4. The van der Waals surface area contributed by atoms with E-state index in [2.05, 4.69) is 35.6 Å². The van der Waals surface area contributed by atoms with Crippen LogP contribution in [0.25, 0.3) is 0 Å². The number of carbonyl (C=O) groups is 1. The molecule has 2 fully saturated rings. The molecule has 0 spiro atoms. The van der Waals surface area contributed by atoms with Gasteiger partial charge in [0.25, 0.3) is 5.91 Å². The standard InChI is InChI=1S/C22H27N7O4/c30-21-20(16-3-1-2-4-17(16)23-21)27-26-18-15-19(29-8-12-32-13-9-29)25-22(24-18)33-14-7-28-5-10-31-11-6-28/h1-4,15H,5-14H2,(H,23,27,30)(H,24,25,26). The SMILES string of the molecule is O=C1Nc2ccccc2/C1=N/Nc1cc(N2CCOCC2)nc(OCCN2CCOCC2)n1. The number of hydrogen-bond acceptors (Lipinski definition) is 10. The van der Waals surface area contributed by atoms with E-state index in [0.29, 0.717) is 31.4 Å². The lowest BCUT2D eigenvalue weighted by atomic mass is 10.1. The number of amides is 1. The third-order valence-corrected chi connectivity index (χ3v) is 5.70. The molecule has 2 aromatic rings. The van der Waals surface area contributed by atoms with E-state index in [-0.39, 0.29) is 11.9 Å². The second kappa shape index (κ2) is 10.1. The highest BCUT2D eigenvalue weighted by Gasteiger charge is 2.25. The molecule has 0 aliphatic carbocycles. The van der Waals surface area contributed by atoms with Crippen LogP contribution in [0.1, 0.15) is 5.56 Å². The predicted molar refractivity (Wildman–Crippen MR) is 123 cm³/mol. The average Bonchev–Trinajstić information content (AvgIpc) is 3.18. The minimum absolute atomic E-state index is 0.256. The van der Waals surface area contributed by atoms with Gasteiger partial charge in [-0.15, -0.1) is 0 Å². The van der Waals surface area contributed by atoms with E-state index in [1.165, 1.54) is 0 Å². The topological polar surface area (TPSA) is 113 Å². The Bertz CT molecular complexity index is 1020. The zero-order valence-corrected chi connectivity index (χ0v) is 18.3. The summed E-state index contributed by atoms with van der Waals surface area (Å²) in [5.41, 5.74) is 4.73. The third kappa shape index (κ3) is 5.21. The van der Waals surface area contributed by atoms with Gasteiger partial charge >= 0.3 is 6.01 Å². The summed E-state index contributed by atoms with van der Waals surface area (Å²) in [5.74, 6) is 0.930. The molecule has 2 saturated heterocycles. The van der Waals surface area contributed by atoms with Gasteiger partial charge in [0.1, 0.15) is 12.4 Å². The molecule has 0 atom stereocenters. The molecule has 11 nitrogen and oxygen atoms in total. The highest BCUT2D eigenvalue weighted by Crippen LogP contribution is 2.24. The van der Waals surface area contributed by atoms with E-state index in [1.807, 2.05) is 30.3 Å². The van der Waals surface area contributed by atoms with Crippen LogP contribution in [0, 0.1) is 0 Å². The van der Waals surface area contributed by atoms with Crippen LogP contribution in [-0.2, 0) is 14.3 Å². The van der Waals surface area contributed by atoms with Crippen molar-refractivity contribution in [3.05, 3.63) is 35.9 Å². The van der Waals surface area contributed by atoms with Gasteiger partial charge in [-0.3, -0.25) is 15.1 Å². The Morgan fingerprint density at radius 1 is 1.06 bits per heavy atom. The van der Waals surface area contributed by atoms with Crippen molar-refractivity contribution in [3.63, 3.8) is 0 Å². The van der Waals surface area contributed by atoms with Crippen molar-refractivity contribution >= 4 is 28.9 Å². The summed E-state index contributed by atoms with van der Waals surface area (Å²) in [6.45, 7) is 7.26. The molecule has 174 valence electrons. The monoisotopic (exact) mass is 453 g/mol. The summed E-state index contributed by atoms with van der Waals surface area (Å²) in [4.78, 5) is 25.8. The molecule has 0 bridgehead atoms. The van der Waals surface area contributed by atoms with E-state index < -0.39 is 0 Å². The number of nitrogens with zero attached hydrogens (tertiary/aromatic N) is 5. The predicted octanol–water partition coefficient (Wildman–Crippen LogP) is 0.793. The number of carbonyl (C=O) groups excluding carboxylic acids is 1. The van der Waals surface area contributed by atoms with Crippen molar-refractivity contribution in [1.29, 1.82) is 0 Å². The smallest absolute Gasteiger partial charge is 0.320 e. The molecule has 11 heteroatoms. The van der Waals surface area contributed by atoms with Gasteiger partial charge in [0.15, 0.2) is 11.5 Å². The summed E-state index contributed by atoms with van der Waals surface area (Å²) in [7, 11) is 0. The molecule has 1 amide bonds. The van der Waals surface area contributed by atoms with Crippen LogP contribution in [0.15, 0.2) is 35.4 Å². The van der Waals surface area contributed by atoms with Gasteiger partial charge in [-0.1, -0.05) is 18.2 Å². The zero-order valence-electron chi connectivity index (χ0n) is 18.3. The van der Waals surface area contributed by atoms with E-state index >= 15 is 0 Å². The maximum atomic E-state index is 12.4. The van der Waals surface area contributed by atoms with Crippen molar-refractivity contribution in [2.45, 2.75) is 0 Å². The maximum Gasteiger partial charge on any atom is 0.320 e. The second-order valence-electron chi connectivity index (χ2n) is 7.87. The number of morpholine rings is 2. The number of anilines is 3. The summed E-state index contributed by atoms with van der Waals surface area (Å²) in [5, 5.41) is 7.15. The van der Waals surface area contributed by atoms with Crippen LogP contribution in [0.2, 0.25) is 0 Å². The first kappa shape index (κ1) is 21.6. The van der Waals surface area contributed by atoms with Crippen molar-refractivity contribution in [2.24, 2.45) is 5.10 Å². The van der Waals surface area contributed by atoms with Gasteiger partial charge in [0, 0.05) is 44.4 Å². The fraction of sp³-hybridized carbons (Fsp3) is 0.455. The van der Waals surface area contributed by atoms with Crippen molar-refractivity contribution in [3.8, 4) is 6.01 Å². The molecule has 0 saturated carbocycles. The summed E-state index contributed by atoms with van der Waals surface area (Å²) in [6.07, 6.45) is 0. The number of hydrogen-bond donors (Lipinski definition) is 2. The summed E-state index contributed by atoms with van der Waals surface area (Å²) in [6, 6.07) is 9.52. The average molecular weight is 454 g/mol. The molecule has 1 aromatic carbocycles.